The Morgan fingerprint density at radius 2 is 1.92 bits per heavy atom. The van der Waals surface area contributed by atoms with Crippen molar-refractivity contribution < 1.29 is 18.0 Å². The fourth-order valence-corrected chi connectivity index (χ4v) is 3.39. The molecule has 25 heavy (non-hydrogen) atoms. The first-order chi connectivity index (χ1) is 11.6. The molecule has 1 amide bonds. The van der Waals surface area contributed by atoms with E-state index in [-0.39, 0.29) is 5.56 Å². The first-order valence-corrected chi connectivity index (χ1v) is 8.10. The highest BCUT2D eigenvalue weighted by atomic mass is 19.4. The van der Waals surface area contributed by atoms with E-state index in [1.165, 1.54) is 4.90 Å². The number of aryl methyl sites for hydroxylation is 1. The number of benzene rings is 1. The minimum absolute atomic E-state index is 0.232. The second-order valence-electron chi connectivity index (χ2n) is 7.00. The van der Waals surface area contributed by atoms with Crippen LogP contribution in [-0.4, -0.2) is 22.7 Å². The monoisotopic (exact) mass is 351 g/mol. The number of fused-ring (bicyclic) bond motifs is 1. The molecule has 0 saturated heterocycles. The molecule has 1 aromatic heterocycles. The molecular weight excluding hydrogens is 331 g/mol. The molecule has 0 fully saturated rings. The van der Waals surface area contributed by atoms with Crippen molar-refractivity contribution in [2.75, 3.05) is 11.9 Å². The topological polar surface area (TPSA) is 38.1 Å². The molecule has 2 aromatic rings. The number of halogens is 3. The number of rotatable bonds is 3. The van der Waals surface area contributed by atoms with Crippen molar-refractivity contribution in [3.05, 3.63) is 47.3 Å². The van der Waals surface area contributed by atoms with Crippen LogP contribution in [0.1, 0.15) is 37.2 Å². The summed E-state index contributed by atoms with van der Waals surface area (Å²) in [5.41, 5.74) is -0.0733. The molecule has 1 aromatic carbocycles. The summed E-state index contributed by atoms with van der Waals surface area (Å²) >= 11 is 0. The molecule has 0 radical (unpaired) electrons. The van der Waals surface area contributed by atoms with E-state index in [2.05, 4.69) is 5.10 Å². The fourth-order valence-electron chi connectivity index (χ4n) is 3.39. The van der Waals surface area contributed by atoms with Crippen molar-refractivity contribution in [1.82, 2.24) is 9.78 Å². The average Bonchev–Trinajstić information content (AvgIpc) is 3.04. The molecular formula is C18H20F3N3O. The number of likely N-dealkylation sites (N-methyl/N-ethyl adjacent to an activating group) is 1. The number of nitrogens with zero attached hydrogens (tertiary/aromatic N) is 3. The summed E-state index contributed by atoms with van der Waals surface area (Å²) in [5.74, 6) is -0.448. The van der Waals surface area contributed by atoms with Crippen LogP contribution in [-0.2, 0) is 29.4 Å². The highest BCUT2D eigenvalue weighted by Crippen LogP contribution is 2.45. The van der Waals surface area contributed by atoms with Gasteiger partial charge in [0.15, 0.2) is 0 Å². The van der Waals surface area contributed by atoms with Crippen molar-refractivity contribution in [3.8, 4) is 0 Å². The number of amides is 1. The Hall–Kier alpha value is -2.31. The summed E-state index contributed by atoms with van der Waals surface area (Å²) in [7, 11) is 1.55. The molecule has 4 nitrogen and oxygen atoms in total. The number of carbonyl (C=O) groups is 1. The molecule has 0 bridgehead atoms. The van der Waals surface area contributed by atoms with Crippen LogP contribution in [0.25, 0.3) is 0 Å². The zero-order valence-electron chi connectivity index (χ0n) is 14.4. The van der Waals surface area contributed by atoms with E-state index in [4.69, 9.17) is 0 Å². The van der Waals surface area contributed by atoms with Crippen molar-refractivity contribution in [3.63, 3.8) is 0 Å². The van der Waals surface area contributed by atoms with E-state index >= 15 is 0 Å². The highest BCUT2D eigenvalue weighted by Gasteiger charge is 2.46. The van der Waals surface area contributed by atoms with Gasteiger partial charge in [0.25, 0.3) is 0 Å². The van der Waals surface area contributed by atoms with Gasteiger partial charge in [-0.25, -0.2) is 0 Å². The van der Waals surface area contributed by atoms with Crippen molar-refractivity contribution in [2.45, 2.75) is 44.8 Å². The molecule has 0 N–H and O–H groups in total. The normalized spacial score (nSPS) is 15.9. The zero-order chi connectivity index (χ0) is 18.4. The van der Waals surface area contributed by atoms with E-state index in [0.717, 1.165) is 4.68 Å². The molecule has 7 heteroatoms. The fraction of sp³-hybridized carbons (Fsp3) is 0.444. The molecule has 0 aliphatic heterocycles. The van der Waals surface area contributed by atoms with Crippen LogP contribution in [0.3, 0.4) is 0 Å². The standard InChI is InChI=1S/C18H20F3N3O/c1-17(2)10-9-13-15(17)16(18(19,20)21)24(22-13)11-14(25)23(3)12-7-5-4-6-8-12/h4-8H,9-11H2,1-3H3. The van der Waals surface area contributed by atoms with Crippen molar-refractivity contribution >= 4 is 11.6 Å². The SMILES string of the molecule is CN(C(=O)Cn1nc2c(c1C(F)(F)F)C(C)(C)CC2)c1ccccc1. The Bertz CT molecular complexity index is 794. The lowest BCUT2D eigenvalue weighted by molar-refractivity contribution is -0.145. The number of hydrogen-bond donors (Lipinski definition) is 0. The molecule has 1 aliphatic rings. The second kappa shape index (κ2) is 5.89. The van der Waals surface area contributed by atoms with Gasteiger partial charge in [-0.1, -0.05) is 32.0 Å². The Morgan fingerprint density at radius 1 is 1.28 bits per heavy atom. The number of hydrogen-bond acceptors (Lipinski definition) is 2. The molecule has 0 saturated carbocycles. The molecule has 0 unspecified atom stereocenters. The number of alkyl halides is 3. The first kappa shape index (κ1) is 17.5. The third kappa shape index (κ3) is 3.15. The summed E-state index contributed by atoms with van der Waals surface area (Å²) in [6, 6.07) is 8.81. The minimum Gasteiger partial charge on any atom is -0.314 e. The van der Waals surface area contributed by atoms with Gasteiger partial charge in [0, 0.05) is 18.3 Å². The Morgan fingerprint density at radius 3 is 2.52 bits per heavy atom. The molecule has 1 aliphatic carbocycles. The first-order valence-electron chi connectivity index (χ1n) is 8.10. The Labute approximate surface area is 144 Å². The summed E-state index contributed by atoms with van der Waals surface area (Å²) < 4.78 is 41.8. The quantitative estimate of drug-likeness (QED) is 0.844. The Balaban J connectivity index is 1.95. The lowest BCUT2D eigenvalue weighted by Gasteiger charge is -2.23. The Kier molecular flexibility index (Phi) is 4.13. The van der Waals surface area contributed by atoms with Crippen LogP contribution in [0, 0.1) is 0 Å². The van der Waals surface area contributed by atoms with Gasteiger partial charge >= 0.3 is 6.18 Å². The van der Waals surface area contributed by atoms with E-state index < -0.39 is 29.7 Å². The van der Waals surface area contributed by atoms with Gasteiger partial charge in [-0.3, -0.25) is 9.48 Å². The molecule has 1 heterocycles. The highest BCUT2D eigenvalue weighted by molar-refractivity contribution is 5.92. The smallest absolute Gasteiger partial charge is 0.314 e. The maximum Gasteiger partial charge on any atom is 0.433 e. The van der Waals surface area contributed by atoms with Crippen LogP contribution in [0.2, 0.25) is 0 Å². The molecule has 134 valence electrons. The number of carbonyl (C=O) groups excluding carboxylic acids is 1. The van der Waals surface area contributed by atoms with Crippen LogP contribution in [0.15, 0.2) is 30.3 Å². The molecule has 0 atom stereocenters. The largest absolute Gasteiger partial charge is 0.433 e. The lowest BCUT2D eigenvalue weighted by atomic mass is 9.86. The van der Waals surface area contributed by atoms with Crippen LogP contribution >= 0.6 is 0 Å². The van der Waals surface area contributed by atoms with Gasteiger partial charge in [-0.2, -0.15) is 18.3 Å². The van der Waals surface area contributed by atoms with E-state index in [9.17, 15) is 18.0 Å². The summed E-state index contributed by atoms with van der Waals surface area (Å²) in [6.45, 7) is 3.14. The summed E-state index contributed by atoms with van der Waals surface area (Å²) in [6.07, 6.45) is -3.42. The lowest BCUT2D eigenvalue weighted by Crippen LogP contribution is -2.32. The van der Waals surface area contributed by atoms with E-state index in [1.807, 2.05) is 6.07 Å². The predicted molar refractivity (Wildman–Crippen MR) is 88.4 cm³/mol. The van der Waals surface area contributed by atoms with Crippen LogP contribution in [0.4, 0.5) is 18.9 Å². The third-order valence-electron chi connectivity index (χ3n) is 4.76. The summed E-state index contributed by atoms with van der Waals surface area (Å²) in [5, 5.41) is 4.12. The van der Waals surface area contributed by atoms with Gasteiger partial charge in [-0.15, -0.1) is 0 Å². The maximum atomic E-state index is 13.7. The number of anilines is 1. The number of aromatic nitrogens is 2. The average molecular weight is 351 g/mol. The van der Waals surface area contributed by atoms with Crippen molar-refractivity contribution in [2.24, 2.45) is 0 Å². The second-order valence-corrected chi connectivity index (χ2v) is 7.00. The van der Waals surface area contributed by atoms with Crippen LogP contribution in [0.5, 0.6) is 0 Å². The van der Waals surface area contributed by atoms with Gasteiger partial charge in [0.2, 0.25) is 5.91 Å². The predicted octanol–water partition coefficient (Wildman–Crippen LogP) is 3.79. The molecule has 0 spiro atoms. The van der Waals surface area contributed by atoms with Crippen LogP contribution < -0.4 is 4.90 Å². The van der Waals surface area contributed by atoms with Crippen molar-refractivity contribution in [1.29, 1.82) is 0 Å². The van der Waals surface area contributed by atoms with E-state index in [0.29, 0.717) is 24.2 Å². The zero-order valence-corrected chi connectivity index (χ0v) is 14.4. The van der Waals surface area contributed by atoms with Gasteiger partial charge in [0.05, 0.1) is 5.69 Å². The minimum atomic E-state index is -4.55. The van der Waals surface area contributed by atoms with Gasteiger partial charge < -0.3 is 4.90 Å². The molecule has 3 rings (SSSR count). The third-order valence-corrected chi connectivity index (χ3v) is 4.76. The number of para-hydroxylation sites is 1. The van der Waals surface area contributed by atoms with E-state index in [1.54, 1.807) is 45.2 Å². The maximum absolute atomic E-state index is 13.7. The van der Waals surface area contributed by atoms with Gasteiger partial charge in [0.1, 0.15) is 12.2 Å². The van der Waals surface area contributed by atoms with Gasteiger partial charge in [-0.05, 0) is 30.4 Å². The summed E-state index contributed by atoms with van der Waals surface area (Å²) in [4.78, 5) is 13.8.